The zero-order valence-electron chi connectivity index (χ0n) is 17.3. The number of aromatic nitrogens is 2. The molecule has 0 spiro atoms. The number of methoxy groups -OCH3 is 2. The zero-order chi connectivity index (χ0) is 22.0. The summed E-state index contributed by atoms with van der Waals surface area (Å²) in [5, 5.41) is 9.85. The highest BCUT2D eigenvalue weighted by molar-refractivity contribution is 7.89. The number of fused-ring (bicyclic) bond motifs is 1. The Labute approximate surface area is 180 Å². The van der Waals surface area contributed by atoms with Gasteiger partial charge in [0.1, 0.15) is 0 Å². The van der Waals surface area contributed by atoms with Crippen LogP contribution in [-0.4, -0.2) is 44.2 Å². The van der Waals surface area contributed by atoms with E-state index < -0.39 is 10.0 Å². The summed E-state index contributed by atoms with van der Waals surface area (Å²) in [6.07, 6.45) is 0. The standard InChI is InChI=1S/C22H21N3O5S/c1-25(31(26,27)18-10-8-15-6-4-5-7-16(15)12-18)14-21-23-24-22(30-21)17-9-11-19(28-2)20(13-17)29-3/h4-13H,14H2,1-3H3. The quantitative estimate of drug-likeness (QED) is 0.433. The molecule has 8 nitrogen and oxygen atoms in total. The van der Waals surface area contributed by atoms with Gasteiger partial charge in [0, 0.05) is 12.6 Å². The normalized spacial score (nSPS) is 11.7. The van der Waals surface area contributed by atoms with Gasteiger partial charge in [-0.1, -0.05) is 30.3 Å². The molecule has 0 amide bonds. The van der Waals surface area contributed by atoms with E-state index in [0.717, 1.165) is 10.8 Å². The number of hydrogen-bond donors (Lipinski definition) is 0. The van der Waals surface area contributed by atoms with Crippen LogP contribution in [0.4, 0.5) is 0 Å². The van der Waals surface area contributed by atoms with Gasteiger partial charge in [-0.3, -0.25) is 0 Å². The second-order valence-electron chi connectivity index (χ2n) is 6.84. The summed E-state index contributed by atoms with van der Waals surface area (Å²) in [6.45, 7) is -0.0601. The lowest BCUT2D eigenvalue weighted by Crippen LogP contribution is -2.26. The fourth-order valence-corrected chi connectivity index (χ4v) is 4.34. The molecule has 0 N–H and O–H groups in total. The van der Waals surface area contributed by atoms with Crippen LogP contribution < -0.4 is 9.47 Å². The second kappa shape index (κ2) is 8.37. The second-order valence-corrected chi connectivity index (χ2v) is 8.89. The third kappa shape index (κ3) is 4.10. The SMILES string of the molecule is COc1ccc(-c2nnc(CN(C)S(=O)(=O)c3ccc4ccccc4c3)o2)cc1OC. The summed E-state index contributed by atoms with van der Waals surface area (Å²) in [6, 6.07) is 17.8. The number of nitrogens with zero attached hydrogens (tertiary/aromatic N) is 3. The van der Waals surface area contributed by atoms with Crippen molar-refractivity contribution in [1.29, 1.82) is 0 Å². The number of sulfonamides is 1. The van der Waals surface area contributed by atoms with Gasteiger partial charge in [0.25, 0.3) is 0 Å². The highest BCUT2D eigenvalue weighted by Crippen LogP contribution is 2.32. The largest absolute Gasteiger partial charge is 0.493 e. The first-order valence-corrected chi connectivity index (χ1v) is 10.9. The Bertz CT molecular complexity index is 1330. The molecular weight excluding hydrogens is 418 g/mol. The lowest BCUT2D eigenvalue weighted by atomic mass is 10.1. The molecule has 3 aromatic carbocycles. The molecule has 1 heterocycles. The van der Waals surface area contributed by atoms with Crippen molar-refractivity contribution in [2.45, 2.75) is 11.4 Å². The Morgan fingerprint density at radius 2 is 1.65 bits per heavy atom. The van der Waals surface area contributed by atoms with Gasteiger partial charge < -0.3 is 13.9 Å². The van der Waals surface area contributed by atoms with Crippen LogP contribution in [0.25, 0.3) is 22.2 Å². The van der Waals surface area contributed by atoms with Crippen molar-refractivity contribution in [3.63, 3.8) is 0 Å². The highest BCUT2D eigenvalue weighted by atomic mass is 32.2. The molecule has 160 valence electrons. The van der Waals surface area contributed by atoms with E-state index in [1.165, 1.54) is 18.5 Å². The maximum Gasteiger partial charge on any atom is 0.247 e. The summed E-state index contributed by atoms with van der Waals surface area (Å²) in [7, 11) is 0.827. The van der Waals surface area contributed by atoms with Gasteiger partial charge in [-0.15, -0.1) is 10.2 Å². The minimum absolute atomic E-state index is 0.0601. The van der Waals surface area contributed by atoms with Crippen molar-refractivity contribution >= 4 is 20.8 Å². The van der Waals surface area contributed by atoms with Crippen molar-refractivity contribution in [2.24, 2.45) is 0 Å². The molecule has 0 fully saturated rings. The molecule has 1 aromatic heterocycles. The van der Waals surface area contributed by atoms with E-state index in [0.29, 0.717) is 17.1 Å². The number of hydrogen-bond acceptors (Lipinski definition) is 7. The van der Waals surface area contributed by atoms with Crippen LogP contribution in [0.5, 0.6) is 11.5 Å². The third-order valence-electron chi connectivity index (χ3n) is 4.88. The first-order valence-electron chi connectivity index (χ1n) is 9.42. The number of ether oxygens (including phenoxy) is 2. The Kier molecular flexibility index (Phi) is 5.62. The van der Waals surface area contributed by atoms with Crippen LogP contribution >= 0.6 is 0 Å². The minimum atomic E-state index is -3.73. The molecule has 0 saturated heterocycles. The first-order chi connectivity index (χ1) is 14.9. The maximum absolute atomic E-state index is 13.0. The lowest BCUT2D eigenvalue weighted by Gasteiger charge is -2.15. The molecule has 0 radical (unpaired) electrons. The van der Waals surface area contributed by atoms with Crippen LogP contribution in [0.1, 0.15) is 5.89 Å². The summed E-state index contributed by atoms with van der Waals surface area (Å²) in [4.78, 5) is 0.202. The molecule has 0 saturated carbocycles. The van der Waals surface area contributed by atoms with Crippen LogP contribution in [0.2, 0.25) is 0 Å². The lowest BCUT2D eigenvalue weighted by molar-refractivity contribution is 0.355. The van der Waals surface area contributed by atoms with Crippen LogP contribution in [0.15, 0.2) is 70.0 Å². The molecule has 0 aliphatic heterocycles. The molecule has 0 unspecified atom stereocenters. The van der Waals surface area contributed by atoms with E-state index in [9.17, 15) is 8.42 Å². The van der Waals surface area contributed by atoms with Crippen molar-refractivity contribution < 1.29 is 22.3 Å². The molecule has 9 heteroatoms. The average Bonchev–Trinajstić information content (AvgIpc) is 3.26. The summed E-state index contributed by atoms with van der Waals surface area (Å²) in [5.41, 5.74) is 0.636. The predicted octanol–water partition coefficient (Wildman–Crippen LogP) is 3.73. The Balaban J connectivity index is 1.56. The molecular formula is C22H21N3O5S. The number of benzene rings is 3. The highest BCUT2D eigenvalue weighted by Gasteiger charge is 2.23. The molecule has 0 aliphatic rings. The maximum atomic E-state index is 13.0. The summed E-state index contributed by atoms with van der Waals surface area (Å²) >= 11 is 0. The zero-order valence-corrected chi connectivity index (χ0v) is 18.1. The first kappa shape index (κ1) is 20.8. The van der Waals surface area contributed by atoms with E-state index in [1.807, 2.05) is 24.3 Å². The fourth-order valence-electron chi connectivity index (χ4n) is 3.19. The Hall–Kier alpha value is -3.43. The van der Waals surface area contributed by atoms with E-state index in [2.05, 4.69) is 10.2 Å². The van der Waals surface area contributed by atoms with Gasteiger partial charge >= 0.3 is 0 Å². The van der Waals surface area contributed by atoms with Crippen molar-refractivity contribution in [1.82, 2.24) is 14.5 Å². The fraction of sp³-hybridized carbons (Fsp3) is 0.182. The van der Waals surface area contributed by atoms with Crippen molar-refractivity contribution in [3.8, 4) is 23.0 Å². The van der Waals surface area contributed by atoms with E-state index in [-0.39, 0.29) is 23.2 Å². The topological polar surface area (TPSA) is 94.8 Å². The van der Waals surface area contributed by atoms with Gasteiger partial charge in [-0.2, -0.15) is 4.31 Å². The minimum Gasteiger partial charge on any atom is -0.493 e. The van der Waals surface area contributed by atoms with Gasteiger partial charge in [-0.25, -0.2) is 8.42 Å². The van der Waals surface area contributed by atoms with Crippen molar-refractivity contribution in [2.75, 3.05) is 21.3 Å². The van der Waals surface area contributed by atoms with Gasteiger partial charge in [0.15, 0.2) is 11.5 Å². The monoisotopic (exact) mass is 439 g/mol. The number of rotatable bonds is 7. The van der Waals surface area contributed by atoms with Gasteiger partial charge in [0.2, 0.25) is 21.8 Å². The predicted molar refractivity (Wildman–Crippen MR) is 115 cm³/mol. The molecule has 31 heavy (non-hydrogen) atoms. The molecule has 0 bridgehead atoms. The van der Waals surface area contributed by atoms with Crippen molar-refractivity contribution in [3.05, 3.63) is 66.6 Å². The Morgan fingerprint density at radius 3 is 2.39 bits per heavy atom. The Morgan fingerprint density at radius 1 is 0.903 bits per heavy atom. The van der Waals surface area contributed by atoms with E-state index >= 15 is 0 Å². The van der Waals surface area contributed by atoms with Crippen LogP contribution in [0, 0.1) is 0 Å². The van der Waals surface area contributed by atoms with Crippen LogP contribution in [-0.2, 0) is 16.6 Å². The average molecular weight is 439 g/mol. The molecule has 4 aromatic rings. The van der Waals surface area contributed by atoms with Gasteiger partial charge in [-0.05, 0) is 41.1 Å². The molecule has 0 atom stereocenters. The molecule has 0 aliphatic carbocycles. The van der Waals surface area contributed by atoms with Gasteiger partial charge in [0.05, 0.1) is 25.7 Å². The van der Waals surface area contributed by atoms with E-state index in [4.69, 9.17) is 13.9 Å². The van der Waals surface area contributed by atoms with E-state index in [1.54, 1.807) is 43.5 Å². The summed E-state index contributed by atoms with van der Waals surface area (Å²) < 4.78 is 43.4. The third-order valence-corrected chi connectivity index (χ3v) is 6.68. The summed E-state index contributed by atoms with van der Waals surface area (Å²) in [5.74, 6) is 1.53. The van der Waals surface area contributed by atoms with Crippen LogP contribution in [0.3, 0.4) is 0 Å². The smallest absolute Gasteiger partial charge is 0.247 e. The molecule has 4 rings (SSSR count).